The molecule has 7 heteroatoms. The average molecular weight is 393 g/mol. The number of ether oxygens (including phenoxy) is 2. The minimum atomic E-state index is 0. The number of benzene rings is 1. The lowest BCUT2D eigenvalue weighted by molar-refractivity contribution is -0.00341. The molecule has 6 rings (SSSR count). The highest BCUT2D eigenvalue weighted by Crippen LogP contribution is 2.42. The Morgan fingerprint density at radius 2 is 2.00 bits per heavy atom. The zero-order valence-corrected chi connectivity index (χ0v) is 16.3. The van der Waals surface area contributed by atoms with E-state index >= 15 is 0 Å². The molecule has 2 aliphatic heterocycles. The lowest BCUT2D eigenvalue weighted by atomic mass is 9.94. The molecular weight excluding hydrogens is 366 g/mol. The minimum absolute atomic E-state index is 0. The van der Waals surface area contributed by atoms with Crippen LogP contribution in [-0.4, -0.2) is 58.8 Å². The van der Waals surface area contributed by atoms with Gasteiger partial charge in [0.15, 0.2) is 0 Å². The van der Waals surface area contributed by atoms with Crippen molar-refractivity contribution in [3.8, 4) is 5.75 Å². The third-order valence-corrected chi connectivity index (χ3v) is 6.32. The highest BCUT2D eigenvalue weighted by molar-refractivity contribution is 5.88. The van der Waals surface area contributed by atoms with Gasteiger partial charge >= 0.3 is 0 Å². The highest BCUT2D eigenvalue weighted by Gasteiger charge is 2.36. The summed E-state index contributed by atoms with van der Waals surface area (Å²) in [5.41, 5.74) is 3.37. The van der Waals surface area contributed by atoms with Crippen LogP contribution in [0, 0.1) is 0 Å². The average Bonchev–Trinajstić information content (AvgIpc) is 3.53. The molecule has 2 atom stereocenters. The van der Waals surface area contributed by atoms with E-state index in [-0.39, 0.29) is 13.5 Å². The molecule has 29 heavy (non-hydrogen) atoms. The molecule has 7 nitrogen and oxygen atoms in total. The van der Waals surface area contributed by atoms with Gasteiger partial charge in [-0.05, 0) is 30.9 Å². The van der Waals surface area contributed by atoms with E-state index in [2.05, 4.69) is 49.4 Å². The molecule has 3 aromatic rings. The fraction of sp³-hybridized carbons (Fsp3) is 0.455. The van der Waals surface area contributed by atoms with E-state index in [1.54, 1.807) is 6.33 Å². The first-order chi connectivity index (χ1) is 14.4. The maximum Gasteiger partial charge on any atom is 0.143 e. The minimum Gasteiger partial charge on any atom is -0.491 e. The van der Waals surface area contributed by atoms with Gasteiger partial charge in [-0.2, -0.15) is 0 Å². The Kier molecular flexibility index (Phi) is 4.16. The summed E-state index contributed by atoms with van der Waals surface area (Å²) < 4.78 is 11.7. The predicted octanol–water partition coefficient (Wildman–Crippen LogP) is 3.33. The molecule has 0 radical (unpaired) electrons. The number of hydrogen-bond acceptors (Lipinski definition) is 6. The molecule has 2 N–H and O–H groups in total. The lowest BCUT2D eigenvalue weighted by Gasteiger charge is -2.42. The van der Waals surface area contributed by atoms with Crippen LogP contribution >= 0.6 is 0 Å². The number of anilines is 1. The van der Waals surface area contributed by atoms with Crippen molar-refractivity contribution in [3.05, 3.63) is 47.9 Å². The second-order valence-electron chi connectivity index (χ2n) is 8.17. The Balaban J connectivity index is 0.00000193. The Morgan fingerprint density at radius 3 is 2.86 bits per heavy atom. The fourth-order valence-corrected chi connectivity index (χ4v) is 4.58. The predicted molar refractivity (Wildman–Crippen MR) is 112 cm³/mol. The van der Waals surface area contributed by atoms with E-state index in [0.29, 0.717) is 12.5 Å². The van der Waals surface area contributed by atoms with Crippen molar-refractivity contribution in [1.82, 2.24) is 19.9 Å². The second kappa shape index (κ2) is 7.00. The first kappa shape index (κ1) is 17.2. The molecule has 4 heterocycles. The maximum absolute atomic E-state index is 6.13. The summed E-state index contributed by atoms with van der Waals surface area (Å²) >= 11 is 0. The van der Waals surface area contributed by atoms with Crippen LogP contribution in [-0.2, 0) is 4.74 Å². The van der Waals surface area contributed by atoms with Crippen molar-refractivity contribution in [3.63, 3.8) is 0 Å². The van der Waals surface area contributed by atoms with Crippen LogP contribution in [0.5, 0.6) is 5.75 Å². The molecule has 0 spiro atoms. The molecule has 2 aromatic heterocycles. The summed E-state index contributed by atoms with van der Waals surface area (Å²) in [5, 5.41) is 4.84. The van der Waals surface area contributed by atoms with Crippen molar-refractivity contribution in [2.45, 2.75) is 30.8 Å². The smallest absolute Gasteiger partial charge is 0.143 e. The van der Waals surface area contributed by atoms with Gasteiger partial charge in [0.25, 0.3) is 0 Å². The molecular formula is C22H27N5O2. The van der Waals surface area contributed by atoms with Crippen molar-refractivity contribution in [2.24, 2.45) is 0 Å². The van der Waals surface area contributed by atoms with E-state index in [4.69, 9.17) is 9.47 Å². The number of morpholine rings is 1. The number of fused-ring (bicyclic) bond motifs is 2. The number of H-pyrrole nitrogens is 1. The van der Waals surface area contributed by atoms with E-state index in [1.807, 2.05) is 6.07 Å². The van der Waals surface area contributed by atoms with E-state index in [1.165, 1.54) is 24.1 Å². The highest BCUT2D eigenvalue weighted by atomic mass is 16.5. The van der Waals surface area contributed by atoms with Crippen LogP contribution in [0.25, 0.3) is 11.0 Å². The topological polar surface area (TPSA) is 75.3 Å². The molecule has 1 saturated heterocycles. The zero-order chi connectivity index (χ0) is 19.2. The van der Waals surface area contributed by atoms with Gasteiger partial charge in [0, 0.05) is 25.8 Å². The fourth-order valence-electron chi connectivity index (χ4n) is 4.58. The number of hydrogen-bond donors (Lipinski definition) is 2. The van der Waals surface area contributed by atoms with Gasteiger partial charge in [-0.25, -0.2) is 9.97 Å². The summed E-state index contributed by atoms with van der Waals surface area (Å²) in [7, 11) is 0. The van der Waals surface area contributed by atoms with E-state index in [9.17, 15) is 0 Å². The third-order valence-electron chi connectivity index (χ3n) is 6.32. The van der Waals surface area contributed by atoms with Gasteiger partial charge < -0.3 is 19.8 Å². The van der Waals surface area contributed by atoms with Crippen molar-refractivity contribution in [2.75, 3.05) is 38.2 Å². The Labute approximate surface area is 170 Å². The van der Waals surface area contributed by atoms with Gasteiger partial charge in [-0.15, -0.1) is 0 Å². The van der Waals surface area contributed by atoms with Crippen molar-refractivity contribution < 1.29 is 10.9 Å². The molecule has 3 aliphatic rings. The summed E-state index contributed by atoms with van der Waals surface area (Å²) in [5.74, 6) is 2.49. The van der Waals surface area contributed by atoms with Crippen LogP contribution in [0.2, 0.25) is 0 Å². The quantitative estimate of drug-likeness (QED) is 0.708. The molecule has 152 valence electrons. The molecule has 1 saturated carbocycles. The van der Waals surface area contributed by atoms with Crippen molar-refractivity contribution >= 4 is 16.9 Å². The largest absolute Gasteiger partial charge is 0.491 e. The third kappa shape index (κ3) is 3.14. The van der Waals surface area contributed by atoms with Crippen molar-refractivity contribution in [1.29, 1.82) is 0 Å². The molecule has 0 unspecified atom stereocenters. The Hall–Kier alpha value is -2.64. The van der Waals surface area contributed by atoms with Crippen LogP contribution in [0.4, 0.5) is 5.82 Å². The Bertz CT molecular complexity index is 1030. The number of aromatic nitrogens is 3. The van der Waals surface area contributed by atoms with Gasteiger partial charge in [0.05, 0.1) is 30.7 Å². The SMILES string of the molecule is [HH].c1ccc2c(c1)OC[C@@H](N1CCOCC1)[C@@H]2Nc1ncnc2[nH]c(C3CC3)cc12. The summed E-state index contributed by atoms with van der Waals surface area (Å²) in [6.07, 6.45) is 4.16. The molecule has 0 bridgehead atoms. The number of nitrogens with zero attached hydrogens (tertiary/aromatic N) is 3. The first-order valence-corrected chi connectivity index (χ1v) is 10.5. The standard InChI is InChI=1S/C22H25N5O2.H2/c1-2-4-19-15(3-1)20(18(12-29-19)27-7-9-28-10-8-27)26-22-16-11-17(14-5-6-14)25-21(16)23-13-24-22;/h1-4,11,13-14,18,20H,5-10,12H2,(H2,23,24,25,26);1H/t18-,20-;/m1./s1. The normalized spacial score (nSPS) is 24.8. The summed E-state index contributed by atoms with van der Waals surface area (Å²) in [6.45, 7) is 4.03. The van der Waals surface area contributed by atoms with Gasteiger partial charge in [-0.3, -0.25) is 4.90 Å². The molecule has 2 fully saturated rings. The molecule has 0 amide bonds. The monoisotopic (exact) mass is 393 g/mol. The van der Waals surface area contributed by atoms with Gasteiger partial charge in [0.1, 0.15) is 30.1 Å². The van der Waals surface area contributed by atoms with E-state index in [0.717, 1.165) is 48.9 Å². The number of nitrogens with one attached hydrogen (secondary N) is 2. The number of para-hydroxylation sites is 1. The second-order valence-corrected chi connectivity index (χ2v) is 8.17. The molecule has 1 aliphatic carbocycles. The van der Waals surface area contributed by atoms with E-state index < -0.39 is 0 Å². The van der Waals surface area contributed by atoms with Gasteiger partial charge in [0.2, 0.25) is 0 Å². The van der Waals surface area contributed by atoms with Crippen LogP contribution in [0.1, 0.15) is 37.5 Å². The summed E-state index contributed by atoms with van der Waals surface area (Å²) in [4.78, 5) is 15.0. The first-order valence-electron chi connectivity index (χ1n) is 10.5. The Morgan fingerprint density at radius 1 is 1.14 bits per heavy atom. The molecule has 1 aromatic carbocycles. The van der Waals surface area contributed by atoms with Crippen LogP contribution < -0.4 is 10.1 Å². The number of rotatable bonds is 4. The summed E-state index contributed by atoms with van der Waals surface area (Å²) in [6, 6.07) is 10.9. The zero-order valence-electron chi connectivity index (χ0n) is 16.3. The van der Waals surface area contributed by atoms with Crippen LogP contribution in [0.15, 0.2) is 36.7 Å². The van der Waals surface area contributed by atoms with Gasteiger partial charge in [-0.1, -0.05) is 18.2 Å². The maximum atomic E-state index is 6.13. The van der Waals surface area contributed by atoms with Crippen LogP contribution in [0.3, 0.4) is 0 Å². The number of aromatic amines is 1. The lowest BCUT2D eigenvalue weighted by Crippen LogP contribution is -2.52.